The van der Waals surface area contributed by atoms with Crippen LogP contribution >= 0.6 is 0 Å². The average molecular weight is 253 g/mol. The minimum atomic E-state index is 0.432. The monoisotopic (exact) mass is 253 g/mol. The summed E-state index contributed by atoms with van der Waals surface area (Å²) in [6.07, 6.45) is 2.70. The summed E-state index contributed by atoms with van der Waals surface area (Å²) in [6.45, 7) is 21.9. The topological polar surface area (TPSA) is 3.24 Å². The number of likely N-dealkylation sites (tertiary alicyclic amines) is 1. The maximum atomic E-state index is 2.69. The molecule has 1 heterocycles. The van der Waals surface area contributed by atoms with Gasteiger partial charge in [0.2, 0.25) is 0 Å². The number of hydrogen-bond donors (Lipinski definition) is 0. The van der Waals surface area contributed by atoms with Crippen LogP contribution in [-0.4, -0.2) is 24.0 Å². The molecule has 108 valence electrons. The zero-order chi connectivity index (χ0) is 14.1. The van der Waals surface area contributed by atoms with E-state index in [1.807, 2.05) is 0 Å². The normalized spacial score (nSPS) is 29.3. The first kappa shape index (κ1) is 16.0. The molecule has 0 aromatic carbocycles. The van der Waals surface area contributed by atoms with Crippen molar-refractivity contribution in [3.05, 3.63) is 0 Å². The van der Waals surface area contributed by atoms with Gasteiger partial charge in [-0.3, -0.25) is 0 Å². The van der Waals surface area contributed by atoms with E-state index in [4.69, 9.17) is 0 Å². The van der Waals surface area contributed by atoms with E-state index in [2.05, 4.69) is 60.3 Å². The van der Waals surface area contributed by atoms with Crippen LogP contribution in [0.1, 0.15) is 68.2 Å². The van der Waals surface area contributed by atoms with Crippen molar-refractivity contribution in [2.45, 2.75) is 74.3 Å². The number of nitrogens with zero attached hydrogens (tertiary/aromatic N) is 1. The van der Waals surface area contributed by atoms with Crippen LogP contribution < -0.4 is 0 Å². The first-order valence-electron chi connectivity index (χ1n) is 7.79. The lowest BCUT2D eigenvalue weighted by Crippen LogP contribution is -2.47. The first-order valence-corrected chi connectivity index (χ1v) is 7.79. The van der Waals surface area contributed by atoms with Gasteiger partial charge in [0, 0.05) is 12.6 Å². The molecule has 1 fully saturated rings. The van der Waals surface area contributed by atoms with E-state index in [1.54, 1.807) is 0 Å². The molecule has 0 aliphatic carbocycles. The third kappa shape index (κ3) is 3.98. The molecule has 1 saturated heterocycles. The molecule has 0 spiro atoms. The highest BCUT2D eigenvalue weighted by Crippen LogP contribution is 2.45. The Morgan fingerprint density at radius 2 is 1.56 bits per heavy atom. The van der Waals surface area contributed by atoms with Crippen LogP contribution in [0.15, 0.2) is 0 Å². The summed E-state index contributed by atoms with van der Waals surface area (Å²) >= 11 is 0. The second-order valence-corrected chi connectivity index (χ2v) is 8.53. The van der Waals surface area contributed by atoms with Gasteiger partial charge in [0.05, 0.1) is 0 Å². The Hall–Kier alpha value is -0.0400. The van der Waals surface area contributed by atoms with Gasteiger partial charge in [0.25, 0.3) is 0 Å². The van der Waals surface area contributed by atoms with Crippen molar-refractivity contribution in [2.75, 3.05) is 13.1 Å². The summed E-state index contributed by atoms with van der Waals surface area (Å²) in [6, 6.07) is 0.679. The van der Waals surface area contributed by atoms with Crippen molar-refractivity contribution in [1.29, 1.82) is 0 Å². The largest absolute Gasteiger partial charge is 0.300 e. The van der Waals surface area contributed by atoms with Gasteiger partial charge >= 0.3 is 0 Å². The van der Waals surface area contributed by atoms with E-state index in [1.165, 1.54) is 25.9 Å². The Kier molecular flexibility index (Phi) is 4.92. The van der Waals surface area contributed by atoms with Crippen molar-refractivity contribution >= 4 is 0 Å². The summed E-state index contributed by atoms with van der Waals surface area (Å²) in [5, 5.41) is 0. The zero-order valence-electron chi connectivity index (χ0n) is 14.0. The number of hydrogen-bond acceptors (Lipinski definition) is 1. The van der Waals surface area contributed by atoms with Crippen molar-refractivity contribution in [3.63, 3.8) is 0 Å². The molecule has 0 bridgehead atoms. The summed E-state index contributed by atoms with van der Waals surface area (Å²) in [5.41, 5.74) is 0.905. The van der Waals surface area contributed by atoms with E-state index >= 15 is 0 Å². The summed E-state index contributed by atoms with van der Waals surface area (Å²) in [4.78, 5) is 2.69. The third-order valence-electron chi connectivity index (χ3n) is 4.83. The van der Waals surface area contributed by atoms with Crippen molar-refractivity contribution < 1.29 is 0 Å². The summed E-state index contributed by atoms with van der Waals surface area (Å²) in [7, 11) is 0. The second-order valence-electron chi connectivity index (χ2n) is 8.53. The third-order valence-corrected chi connectivity index (χ3v) is 4.83. The predicted molar refractivity (Wildman–Crippen MR) is 81.8 cm³/mol. The summed E-state index contributed by atoms with van der Waals surface area (Å²) in [5.74, 6) is 1.64. The highest BCUT2D eigenvalue weighted by atomic mass is 15.2. The Bertz CT molecular complexity index is 263. The van der Waals surface area contributed by atoms with Crippen molar-refractivity contribution in [1.82, 2.24) is 4.90 Å². The molecule has 0 amide bonds. The van der Waals surface area contributed by atoms with Gasteiger partial charge < -0.3 is 4.90 Å². The van der Waals surface area contributed by atoms with Gasteiger partial charge in [-0.05, 0) is 55.9 Å². The maximum absolute atomic E-state index is 2.69. The van der Waals surface area contributed by atoms with Gasteiger partial charge in [0.1, 0.15) is 0 Å². The molecule has 0 N–H and O–H groups in total. The molecule has 1 atom stereocenters. The van der Waals surface area contributed by atoms with Crippen LogP contribution in [0.2, 0.25) is 0 Å². The Morgan fingerprint density at radius 1 is 1.00 bits per heavy atom. The van der Waals surface area contributed by atoms with Crippen LogP contribution in [0.4, 0.5) is 0 Å². The molecule has 0 radical (unpaired) electrons. The predicted octanol–water partition coefficient (Wildman–Crippen LogP) is 4.82. The van der Waals surface area contributed by atoms with E-state index in [9.17, 15) is 0 Å². The minimum absolute atomic E-state index is 0.432. The summed E-state index contributed by atoms with van der Waals surface area (Å²) < 4.78 is 0. The molecule has 0 aromatic heterocycles. The van der Waals surface area contributed by atoms with Crippen LogP contribution in [0, 0.1) is 22.7 Å². The fraction of sp³-hybridized carbons (Fsp3) is 1.00. The standard InChI is InChI=1S/C17H35N/c1-13(2)15-9-10-18(14(3)4)12-16(5,6)11-17(15,7)8/h13-15H,9-12H2,1-8H3. The fourth-order valence-corrected chi connectivity index (χ4v) is 4.42. The molecule has 1 aliphatic rings. The molecule has 18 heavy (non-hydrogen) atoms. The van der Waals surface area contributed by atoms with E-state index in [0.717, 1.165) is 11.8 Å². The fourth-order valence-electron chi connectivity index (χ4n) is 4.42. The molecular formula is C17H35N. The number of rotatable bonds is 2. The van der Waals surface area contributed by atoms with Gasteiger partial charge in [-0.2, -0.15) is 0 Å². The molecule has 1 heteroatoms. The lowest BCUT2D eigenvalue weighted by molar-refractivity contribution is 0.0147. The quantitative estimate of drug-likeness (QED) is 0.682. The molecule has 0 saturated carbocycles. The zero-order valence-corrected chi connectivity index (χ0v) is 14.0. The average Bonchev–Trinajstić information content (AvgIpc) is 2.10. The molecular weight excluding hydrogens is 218 g/mol. The SMILES string of the molecule is CC(C)C1CCN(C(C)C)CC(C)(C)CC1(C)C. The molecule has 1 aliphatic heterocycles. The molecule has 0 aromatic rings. The minimum Gasteiger partial charge on any atom is -0.300 e. The Labute approximate surface area is 115 Å². The van der Waals surface area contributed by atoms with Gasteiger partial charge in [-0.25, -0.2) is 0 Å². The van der Waals surface area contributed by atoms with Crippen molar-refractivity contribution in [3.8, 4) is 0 Å². The highest BCUT2D eigenvalue weighted by molar-refractivity contribution is 4.91. The molecule has 1 nitrogen and oxygen atoms in total. The molecule has 1 rings (SSSR count). The van der Waals surface area contributed by atoms with E-state index in [-0.39, 0.29) is 0 Å². The highest BCUT2D eigenvalue weighted by Gasteiger charge is 2.39. The smallest absolute Gasteiger partial charge is 0.00388 e. The van der Waals surface area contributed by atoms with E-state index in [0.29, 0.717) is 16.9 Å². The Morgan fingerprint density at radius 3 is 2.00 bits per heavy atom. The Balaban J connectivity index is 2.93. The second kappa shape index (κ2) is 5.53. The molecule has 1 unspecified atom stereocenters. The first-order chi connectivity index (χ1) is 8.05. The van der Waals surface area contributed by atoms with E-state index < -0.39 is 0 Å². The van der Waals surface area contributed by atoms with Crippen LogP contribution in [0.3, 0.4) is 0 Å². The lowest BCUT2D eigenvalue weighted by atomic mass is 9.63. The van der Waals surface area contributed by atoms with Gasteiger partial charge in [0.15, 0.2) is 0 Å². The van der Waals surface area contributed by atoms with Crippen LogP contribution in [-0.2, 0) is 0 Å². The maximum Gasteiger partial charge on any atom is 0.00388 e. The van der Waals surface area contributed by atoms with Gasteiger partial charge in [-0.1, -0.05) is 41.5 Å². The van der Waals surface area contributed by atoms with Crippen LogP contribution in [0.25, 0.3) is 0 Å². The van der Waals surface area contributed by atoms with Crippen LogP contribution in [0.5, 0.6) is 0 Å². The van der Waals surface area contributed by atoms with Gasteiger partial charge in [-0.15, -0.1) is 0 Å². The lowest BCUT2D eigenvalue weighted by Gasteiger charge is -2.48. The van der Waals surface area contributed by atoms with Crippen molar-refractivity contribution in [2.24, 2.45) is 22.7 Å².